The van der Waals surface area contributed by atoms with E-state index in [1.807, 2.05) is 26.2 Å². The summed E-state index contributed by atoms with van der Waals surface area (Å²) in [5.41, 5.74) is 1.17. The highest BCUT2D eigenvalue weighted by molar-refractivity contribution is 5.79. The van der Waals surface area contributed by atoms with E-state index in [0.29, 0.717) is 6.79 Å². The van der Waals surface area contributed by atoms with Crippen LogP contribution < -0.4 is 14.8 Å². The number of nitrogens with one attached hydrogen (secondary N) is 1. The van der Waals surface area contributed by atoms with Gasteiger partial charge in [-0.2, -0.15) is 0 Å². The lowest BCUT2D eigenvalue weighted by Gasteiger charge is -2.24. The Morgan fingerprint density at radius 1 is 1.21 bits per heavy atom. The van der Waals surface area contributed by atoms with E-state index in [0.717, 1.165) is 50.2 Å². The lowest BCUT2D eigenvalue weighted by Crippen LogP contribution is -2.42. The van der Waals surface area contributed by atoms with Crippen molar-refractivity contribution in [2.75, 3.05) is 47.1 Å². The second-order valence-electron chi connectivity index (χ2n) is 5.95. The van der Waals surface area contributed by atoms with Gasteiger partial charge in [-0.25, -0.2) is 0 Å². The molecule has 0 saturated heterocycles. The van der Waals surface area contributed by atoms with Crippen LogP contribution in [-0.2, 0) is 6.54 Å². The smallest absolute Gasteiger partial charge is 0.231 e. The van der Waals surface area contributed by atoms with E-state index in [1.54, 1.807) is 0 Å². The van der Waals surface area contributed by atoms with Crippen LogP contribution in [0.4, 0.5) is 0 Å². The molecular formula is C18H30N4O2. The molecule has 0 fully saturated rings. The lowest BCUT2D eigenvalue weighted by molar-refractivity contribution is 0.174. The van der Waals surface area contributed by atoms with Crippen LogP contribution in [0.15, 0.2) is 23.2 Å². The van der Waals surface area contributed by atoms with Gasteiger partial charge in [-0.1, -0.05) is 19.9 Å². The highest BCUT2D eigenvalue weighted by atomic mass is 16.7. The third-order valence-electron chi connectivity index (χ3n) is 4.13. The molecule has 1 aliphatic heterocycles. The molecule has 0 amide bonds. The van der Waals surface area contributed by atoms with Crippen LogP contribution in [-0.4, -0.2) is 62.8 Å². The monoisotopic (exact) mass is 334 g/mol. The molecule has 0 bridgehead atoms. The Morgan fingerprint density at radius 3 is 2.71 bits per heavy atom. The third kappa shape index (κ3) is 5.03. The largest absolute Gasteiger partial charge is 0.454 e. The maximum Gasteiger partial charge on any atom is 0.231 e. The first kappa shape index (κ1) is 18.4. The van der Waals surface area contributed by atoms with Crippen LogP contribution in [0.25, 0.3) is 0 Å². The minimum Gasteiger partial charge on any atom is -0.454 e. The van der Waals surface area contributed by atoms with Crippen molar-refractivity contribution in [2.45, 2.75) is 26.8 Å². The van der Waals surface area contributed by atoms with Crippen molar-refractivity contribution in [1.29, 1.82) is 0 Å². The highest BCUT2D eigenvalue weighted by Gasteiger charge is 2.14. The van der Waals surface area contributed by atoms with Gasteiger partial charge in [0.2, 0.25) is 6.79 Å². The van der Waals surface area contributed by atoms with Gasteiger partial charge >= 0.3 is 0 Å². The lowest BCUT2D eigenvalue weighted by atomic mass is 10.2. The molecule has 134 valence electrons. The number of ether oxygens (including phenoxy) is 2. The number of benzene rings is 1. The first-order valence-electron chi connectivity index (χ1n) is 8.70. The number of hydrogen-bond donors (Lipinski definition) is 1. The number of fused-ring (bicyclic) bond motifs is 1. The van der Waals surface area contributed by atoms with Gasteiger partial charge in [-0.15, -0.1) is 0 Å². The molecule has 1 aliphatic rings. The van der Waals surface area contributed by atoms with E-state index in [1.165, 1.54) is 12.0 Å². The van der Waals surface area contributed by atoms with Crippen LogP contribution in [0.3, 0.4) is 0 Å². The number of rotatable bonds is 8. The Hall–Kier alpha value is -1.95. The molecule has 6 nitrogen and oxygen atoms in total. The first-order chi connectivity index (χ1) is 11.7. The third-order valence-corrected chi connectivity index (χ3v) is 4.13. The fourth-order valence-electron chi connectivity index (χ4n) is 2.84. The fraction of sp³-hybridized carbons (Fsp3) is 0.611. The number of hydrogen-bond acceptors (Lipinski definition) is 4. The van der Waals surface area contributed by atoms with Crippen LogP contribution in [0.2, 0.25) is 0 Å². The van der Waals surface area contributed by atoms with Crippen LogP contribution in [0.5, 0.6) is 11.5 Å². The summed E-state index contributed by atoms with van der Waals surface area (Å²) in [5.74, 6) is 2.54. The average molecular weight is 334 g/mol. The van der Waals surface area contributed by atoms with Crippen molar-refractivity contribution in [3.63, 3.8) is 0 Å². The molecule has 0 atom stereocenters. The molecule has 1 N–H and O–H groups in total. The van der Waals surface area contributed by atoms with Gasteiger partial charge in [0, 0.05) is 33.7 Å². The summed E-state index contributed by atoms with van der Waals surface area (Å²) in [7, 11) is 3.87. The minimum atomic E-state index is 0.309. The summed E-state index contributed by atoms with van der Waals surface area (Å²) in [5, 5.41) is 3.44. The fourth-order valence-corrected chi connectivity index (χ4v) is 2.84. The molecule has 1 aromatic rings. The molecule has 0 saturated carbocycles. The molecule has 24 heavy (non-hydrogen) atoms. The first-order valence-corrected chi connectivity index (χ1v) is 8.70. The summed E-state index contributed by atoms with van der Waals surface area (Å²) in [4.78, 5) is 8.94. The normalized spacial score (nSPS) is 13.5. The van der Waals surface area contributed by atoms with Gasteiger partial charge in [0.25, 0.3) is 0 Å². The van der Waals surface area contributed by atoms with Crippen molar-refractivity contribution in [3.05, 3.63) is 23.8 Å². The average Bonchev–Trinajstić information content (AvgIpc) is 3.05. The van der Waals surface area contributed by atoms with Gasteiger partial charge in [-0.05, 0) is 37.2 Å². The van der Waals surface area contributed by atoms with Crippen molar-refractivity contribution in [2.24, 2.45) is 4.99 Å². The zero-order valence-electron chi connectivity index (χ0n) is 15.3. The number of guanidine groups is 1. The number of likely N-dealkylation sites (N-methyl/N-ethyl adjacent to an activating group) is 1. The van der Waals surface area contributed by atoms with Crippen molar-refractivity contribution in [1.82, 2.24) is 15.1 Å². The quantitative estimate of drug-likeness (QED) is 0.583. The van der Waals surface area contributed by atoms with E-state index >= 15 is 0 Å². The number of nitrogens with zero attached hydrogens (tertiary/aromatic N) is 3. The predicted molar refractivity (Wildman–Crippen MR) is 97.8 cm³/mol. The van der Waals surface area contributed by atoms with E-state index < -0.39 is 0 Å². The molecule has 2 rings (SSSR count). The Kier molecular flexibility index (Phi) is 7.18. The summed E-state index contributed by atoms with van der Waals surface area (Å²) in [6, 6.07) is 6.06. The molecule has 1 heterocycles. The maximum atomic E-state index is 5.44. The van der Waals surface area contributed by atoms with Gasteiger partial charge < -0.3 is 24.6 Å². The Morgan fingerprint density at radius 2 is 2.00 bits per heavy atom. The van der Waals surface area contributed by atoms with Gasteiger partial charge in [0.1, 0.15) is 0 Å². The zero-order valence-corrected chi connectivity index (χ0v) is 15.3. The van der Waals surface area contributed by atoms with Crippen molar-refractivity contribution in [3.8, 4) is 11.5 Å². The van der Waals surface area contributed by atoms with Crippen molar-refractivity contribution < 1.29 is 9.47 Å². The molecule has 6 heteroatoms. The second kappa shape index (κ2) is 9.37. The Balaban J connectivity index is 1.84. The summed E-state index contributed by atoms with van der Waals surface area (Å²) in [6.45, 7) is 9.65. The standard InChI is InChI=1S/C18H30N4O2/c1-5-10-22(6-2)11-9-20-18(19-3)21(4)13-15-7-8-16-17(12-15)24-14-23-16/h7-8,12H,5-6,9-11,13-14H2,1-4H3,(H,19,20). The van der Waals surface area contributed by atoms with Gasteiger partial charge in [0.05, 0.1) is 0 Å². The summed E-state index contributed by atoms with van der Waals surface area (Å²) < 4.78 is 10.8. The molecular weight excluding hydrogens is 304 g/mol. The van der Waals surface area contributed by atoms with E-state index in [-0.39, 0.29) is 0 Å². The van der Waals surface area contributed by atoms with E-state index in [4.69, 9.17) is 9.47 Å². The zero-order chi connectivity index (χ0) is 17.4. The van der Waals surface area contributed by atoms with Gasteiger partial charge in [0.15, 0.2) is 17.5 Å². The molecule has 0 aromatic heterocycles. The SMILES string of the molecule is CCCN(CC)CCNC(=NC)N(C)Cc1ccc2c(c1)OCO2. The minimum absolute atomic E-state index is 0.309. The van der Waals surface area contributed by atoms with Gasteiger partial charge in [-0.3, -0.25) is 4.99 Å². The van der Waals surface area contributed by atoms with Crippen molar-refractivity contribution >= 4 is 5.96 Å². The Bertz CT molecular complexity index is 548. The van der Waals surface area contributed by atoms with Crippen LogP contribution >= 0.6 is 0 Å². The molecule has 0 aliphatic carbocycles. The summed E-state index contributed by atoms with van der Waals surface area (Å²) >= 11 is 0. The van der Waals surface area contributed by atoms with E-state index in [9.17, 15) is 0 Å². The van der Waals surface area contributed by atoms with E-state index in [2.05, 4.69) is 40.0 Å². The molecule has 0 unspecified atom stereocenters. The topological polar surface area (TPSA) is 49.3 Å². The summed E-state index contributed by atoms with van der Waals surface area (Å²) in [6.07, 6.45) is 1.19. The molecule has 0 spiro atoms. The van der Waals surface area contributed by atoms with Crippen LogP contribution in [0, 0.1) is 0 Å². The predicted octanol–water partition coefficient (Wildman–Crippen LogP) is 2.15. The number of aliphatic imine (C=N–C) groups is 1. The molecule has 0 radical (unpaired) electrons. The van der Waals surface area contributed by atoms with Crippen LogP contribution in [0.1, 0.15) is 25.8 Å². The molecule has 1 aromatic carbocycles. The highest BCUT2D eigenvalue weighted by Crippen LogP contribution is 2.32. The maximum absolute atomic E-state index is 5.44. The Labute approximate surface area is 145 Å². The second-order valence-corrected chi connectivity index (χ2v) is 5.95.